The molecule has 0 aliphatic rings. The van der Waals surface area contributed by atoms with Crippen LogP contribution in [0.1, 0.15) is 33.6 Å². The van der Waals surface area contributed by atoms with Crippen LogP contribution < -0.4 is 5.32 Å². The first-order valence-electron chi connectivity index (χ1n) is 5.68. The first kappa shape index (κ1) is 16.0. The molecule has 1 N–H and O–H groups in total. The molecule has 0 radical (unpaired) electrons. The van der Waals surface area contributed by atoms with Crippen LogP contribution in [-0.4, -0.2) is 19.6 Å². The second kappa shape index (κ2) is 7.35. The van der Waals surface area contributed by atoms with Crippen molar-refractivity contribution >= 4 is 6.34 Å². The topological polar surface area (TPSA) is 24.4 Å². The first-order valence-corrected chi connectivity index (χ1v) is 5.68. The minimum absolute atomic E-state index is 0.363. The molecule has 0 heterocycles. The number of hydrogen-bond donors (Lipinski definition) is 1. The molecular weight excluding hydrogens is 229 g/mol. The fourth-order valence-electron chi connectivity index (χ4n) is 1.35. The third-order valence-electron chi connectivity index (χ3n) is 2.90. The number of alkyl halides is 3. The van der Waals surface area contributed by atoms with Crippen molar-refractivity contribution in [1.29, 1.82) is 0 Å². The SMILES string of the molecule is CN=CN/C=C(\C)CC[C@H](C)C(C)C(F)(F)F. The first-order chi connectivity index (χ1) is 7.79. The van der Waals surface area contributed by atoms with Crippen molar-refractivity contribution in [2.24, 2.45) is 16.8 Å². The number of rotatable bonds is 6. The summed E-state index contributed by atoms with van der Waals surface area (Å²) in [5.41, 5.74) is 1.02. The summed E-state index contributed by atoms with van der Waals surface area (Å²) in [6.45, 7) is 4.78. The van der Waals surface area contributed by atoms with Crippen LogP contribution >= 0.6 is 0 Å². The molecular formula is C12H21F3N2. The number of hydrogen-bond acceptors (Lipinski definition) is 1. The van der Waals surface area contributed by atoms with E-state index in [4.69, 9.17) is 0 Å². The number of aliphatic imine (C=N–C) groups is 1. The van der Waals surface area contributed by atoms with Gasteiger partial charge in [0, 0.05) is 13.2 Å². The Kier molecular flexibility index (Phi) is 6.92. The van der Waals surface area contributed by atoms with Crippen molar-refractivity contribution in [3.63, 3.8) is 0 Å². The van der Waals surface area contributed by atoms with E-state index in [0.717, 1.165) is 5.57 Å². The van der Waals surface area contributed by atoms with Gasteiger partial charge in [-0.15, -0.1) is 0 Å². The van der Waals surface area contributed by atoms with E-state index < -0.39 is 12.1 Å². The lowest BCUT2D eigenvalue weighted by Gasteiger charge is -2.22. The molecule has 0 amide bonds. The van der Waals surface area contributed by atoms with Crippen molar-refractivity contribution in [3.8, 4) is 0 Å². The summed E-state index contributed by atoms with van der Waals surface area (Å²) in [6, 6.07) is 0. The van der Waals surface area contributed by atoms with Crippen LogP contribution in [0.4, 0.5) is 13.2 Å². The van der Waals surface area contributed by atoms with E-state index in [1.807, 2.05) is 6.92 Å². The van der Waals surface area contributed by atoms with E-state index in [9.17, 15) is 13.2 Å². The minimum Gasteiger partial charge on any atom is -0.353 e. The van der Waals surface area contributed by atoms with E-state index in [2.05, 4.69) is 10.3 Å². The standard InChI is InChI=1S/C12H21F3N2/c1-9(7-17-8-16-4)5-6-10(2)11(3)12(13,14)15/h7-8,10-11H,5-6H2,1-4H3,(H,16,17)/b9-7+/t10-,11?/m0/s1. The molecule has 2 nitrogen and oxygen atoms in total. The summed E-state index contributed by atoms with van der Waals surface area (Å²) in [5.74, 6) is -1.61. The lowest BCUT2D eigenvalue weighted by Crippen LogP contribution is -2.26. The third kappa shape index (κ3) is 7.02. The Morgan fingerprint density at radius 1 is 1.35 bits per heavy atom. The smallest absolute Gasteiger partial charge is 0.353 e. The average Bonchev–Trinajstić information content (AvgIpc) is 2.24. The van der Waals surface area contributed by atoms with E-state index >= 15 is 0 Å². The zero-order valence-corrected chi connectivity index (χ0v) is 10.8. The molecule has 0 spiro atoms. The quantitative estimate of drug-likeness (QED) is 0.563. The van der Waals surface area contributed by atoms with Crippen LogP contribution in [0.2, 0.25) is 0 Å². The van der Waals surface area contributed by atoms with E-state index in [-0.39, 0.29) is 5.92 Å². The normalized spacial score (nSPS) is 17.2. The molecule has 0 aliphatic heterocycles. The highest BCUT2D eigenvalue weighted by Gasteiger charge is 2.38. The van der Waals surface area contributed by atoms with Gasteiger partial charge in [-0.1, -0.05) is 19.4 Å². The highest BCUT2D eigenvalue weighted by molar-refractivity contribution is 5.55. The van der Waals surface area contributed by atoms with Crippen molar-refractivity contribution < 1.29 is 13.2 Å². The van der Waals surface area contributed by atoms with Crippen LogP contribution in [0.25, 0.3) is 0 Å². The maximum absolute atomic E-state index is 12.4. The summed E-state index contributed by atoms with van der Waals surface area (Å²) < 4.78 is 37.3. The number of allylic oxidation sites excluding steroid dienone is 1. The van der Waals surface area contributed by atoms with Crippen LogP contribution in [0.15, 0.2) is 16.8 Å². The summed E-state index contributed by atoms with van der Waals surface area (Å²) in [5, 5.41) is 2.84. The summed E-state index contributed by atoms with van der Waals surface area (Å²) in [4.78, 5) is 3.73. The van der Waals surface area contributed by atoms with Gasteiger partial charge in [0.05, 0.1) is 12.3 Å². The predicted octanol–water partition coefficient (Wildman–Crippen LogP) is 3.75. The molecule has 0 aromatic rings. The van der Waals surface area contributed by atoms with Gasteiger partial charge < -0.3 is 5.32 Å². The van der Waals surface area contributed by atoms with Gasteiger partial charge in [0.1, 0.15) is 0 Å². The zero-order chi connectivity index (χ0) is 13.5. The van der Waals surface area contributed by atoms with Crippen LogP contribution in [0.3, 0.4) is 0 Å². The van der Waals surface area contributed by atoms with Crippen molar-refractivity contribution in [2.75, 3.05) is 7.05 Å². The number of nitrogens with zero attached hydrogens (tertiary/aromatic N) is 1. The molecule has 100 valence electrons. The fourth-order valence-corrected chi connectivity index (χ4v) is 1.35. The highest BCUT2D eigenvalue weighted by atomic mass is 19.4. The van der Waals surface area contributed by atoms with Crippen molar-refractivity contribution in [3.05, 3.63) is 11.8 Å². The molecule has 0 fully saturated rings. The van der Waals surface area contributed by atoms with Crippen molar-refractivity contribution in [2.45, 2.75) is 39.8 Å². The molecule has 0 aliphatic carbocycles. The Morgan fingerprint density at radius 2 is 1.94 bits per heavy atom. The molecule has 2 atom stereocenters. The molecule has 0 bridgehead atoms. The van der Waals surface area contributed by atoms with E-state index in [1.165, 1.54) is 13.3 Å². The Bertz CT molecular complexity index is 269. The van der Waals surface area contributed by atoms with Crippen LogP contribution in [-0.2, 0) is 0 Å². The van der Waals surface area contributed by atoms with Gasteiger partial charge in [-0.25, -0.2) is 0 Å². The largest absolute Gasteiger partial charge is 0.391 e. The maximum atomic E-state index is 12.4. The Morgan fingerprint density at radius 3 is 2.41 bits per heavy atom. The molecule has 0 rings (SSSR count). The predicted molar refractivity (Wildman–Crippen MR) is 64.9 cm³/mol. The minimum atomic E-state index is -4.09. The van der Waals surface area contributed by atoms with Gasteiger partial charge in [-0.05, 0) is 25.7 Å². The van der Waals surface area contributed by atoms with Gasteiger partial charge in [-0.3, -0.25) is 4.99 Å². The summed E-state index contributed by atoms with van der Waals surface area (Å²) >= 11 is 0. The lowest BCUT2D eigenvalue weighted by molar-refractivity contribution is -0.182. The van der Waals surface area contributed by atoms with Gasteiger partial charge in [0.25, 0.3) is 0 Å². The summed E-state index contributed by atoms with van der Waals surface area (Å²) in [6.07, 6.45) is 0.396. The second-order valence-corrected chi connectivity index (χ2v) is 4.39. The van der Waals surface area contributed by atoms with Gasteiger partial charge in [0.2, 0.25) is 0 Å². The molecule has 0 aromatic heterocycles. The monoisotopic (exact) mass is 250 g/mol. The summed E-state index contributed by atoms with van der Waals surface area (Å²) in [7, 11) is 1.64. The van der Waals surface area contributed by atoms with Gasteiger partial charge in [-0.2, -0.15) is 13.2 Å². The van der Waals surface area contributed by atoms with Gasteiger partial charge in [0.15, 0.2) is 0 Å². The van der Waals surface area contributed by atoms with Gasteiger partial charge >= 0.3 is 6.18 Å². The molecule has 0 saturated heterocycles. The molecule has 1 unspecified atom stereocenters. The van der Waals surface area contributed by atoms with Crippen molar-refractivity contribution in [1.82, 2.24) is 5.32 Å². The Balaban J connectivity index is 4.07. The number of halogens is 3. The van der Waals surface area contributed by atoms with Crippen LogP contribution in [0.5, 0.6) is 0 Å². The molecule has 5 heteroatoms. The van der Waals surface area contributed by atoms with Crippen LogP contribution in [0, 0.1) is 11.8 Å². The van der Waals surface area contributed by atoms with E-state index in [0.29, 0.717) is 12.8 Å². The number of nitrogens with one attached hydrogen (secondary N) is 1. The third-order valence-corrected chi connectivity index (χ3v) is 2.90. The fraction of sp³-hybridized carbons (Fsp3) is 0.750. The molecule has 17 heavy (non-hydrogen) atoms. The highest BCUT2D eigenvalue weighted by Crippen LogP contribution is 2.33. The molecule has 0 saturated carbocycles. The average molecular weight is 250 g/mol. The Labute approximate surface area is 101 Å². The lowest BCUT2D eigenvalue weighted by atomic mass is 9.90. The maximum Gasteiger partial charge on any atom is 0.391 e. The Hall–Kier alpha value is -1.00. The zero-order valence-electron chi connectivity index (χ0n) is 10.8. The van der Waals surface area contributed by atoms with E-state index in [1.54, 1.807) is 20.2 Å². The second-order valence-electron chi connectivity index (χ2n) is 4.39. The molecule has 0 aromatic carbocycles.